The lowest BCUT2D eigenvalue weighted by Crippen LogP contribution is -3.00. The first-order valence-corrected chi connectivity index (χ1v) is 7.30. The monoisotopic (exact) mass is 424 g/mol. The molecule has 8 heteroatoms. The van der Waals surface area contributed by atoms with Gasteiger partial charge in [-0.2, -0.15) is 0 Å². The van der Waals surface area contributed by atoms with E-state index in [4.69, 9.17) is 18.6 Å². The zero-order valence-corrected chi connectivity index (χ0v) is 15.8. The van der Waals surface area contributed by atoms with Gasteiger partial charge in [-0.3, -0.25) is 0 Å². The second-order valence-electron chi connectivity index (χ2n) is 5.25. The Morgan fingerprint density at radius 1 is 0.769 bits per heavy atom. The van der Waals surface area contributed by atoms with Crippen molar-refractivity contribution in [3.63, 3.8) is 0 Å². The van der Waals surface area contributed by atoms with Gasteiger partial charge in [-0.25, -0.2) is 4.42 Å². The fourth-order valence-corrected chi connectivity index (χ4v) is 2.53. The molecule has 3 N–H and O–H groups in total. The molecule has 0 fully saturated rings. The predicted molar refractivity (Wildman–Crippen MR) is 90.7 cm³/mol. The molecule has 0 aliphatic heterocycles. The van der Waals surface area contributed by atoms with Crippen molar-refractivity contribution >= 4 is 11.0 Å². The zero-order chi connectivity index (χ0) is 18.1. The Labute approximate surface area is 159 Å². The molecule has 138 valence electrons. The summed E-state index contributed by atoms with van der Waals surface area (Å²) in [5, 5.41) is 30.7. The van der Waals surface area contributed by atoms with Gasteiger partial charge in [0, 0.05) is 24.3 Å². The molecular weight excluding hydrogens is 408 g/mol. The van der Waals surface area contributed by atoms with Gasteiger partial charge < -0.3 is 46.5 Å². The Kier molecular flexibility index (Phi) is 5.66. The topological polar surface area (TPSA) is 99.7 Å². The minimum absolute atomic E-state index is 0. The fraction of sp³-hybridized carbons (Fsp3) is 0.167. The van der Waals surface area contributed by atoms with Crippen LogP contribution in [0, 0.1) is 0 Å². The smallest absolute Gasteiger partial charge is 0.402 e. The molecule has 26 heavy (non-hydrogen) atoms. The first-order valence-electron chi connectivity index (χ1n) is 7.30. The minimum Gasteiger partial charge on any atom is -1.00 e. The summed E-state index contributed by atoms with van der Waals surface area (Å²) >= 11 is 0. The number of aromatic hydroxyl groups is 3. The Balaban J connectivity index is 0.00000243. The number of ether oxygens (including phenoxy) is 3. The van der Waals surface area contributed by atoms with Crippen LogP contribution in [0.4, 0.5) is 0 Å². The van der Waals surface area contributed by atoms with Crippen molar-refractivity contribution in [2.24, 2.45) is 0 Å². The molecule has 0 radical (unpaired) electrons. The Bertz CT molecular complexity index is 931. The van der Waals surface area contributed by atoms with Gasteiger partial charge in [0.1, 0.15) is 16.9 Å². The Morgan fingerprint density at radius 2 is 1.38 bits per heavy atom. The number of hydrogen-bond donors (Lipinski definition) is 3. The van der Waals surface area contributed by atoms with Crippen LogP contribution in [-0.4, -0.2) is 36.6 Å². The highest BCUT2D eigenvalue weighted by atomic mass is 79.9. The third kappa shape index (κ3) is 3.28. The molecule has 0 atom stereocenters. The second kappa shape index (κ2) is 7.57. The Hall–Kier alpha value is -2.87. The maximum atomic E-state index is 10.3. The van der Waals surface area contributed by atoms with Gasteiger partial charge >= 0.3 is 11.3 Å². The largest absolute Gasteiger partial charge is 1.00 e. The number of hydrogen-bond acceptors (Lipinski definition) is 6. The van der Waals surface area contributed by atoms with E-state index in [1.165, 1.54) is 45.6 Å². The first-order chi connectivity index (χ1) is 12.0. The summed E-state index contributed by atoms with van der Waals surface area (Å²) in [5.41, 5.74) is 0.740. The molecule has 3 rings (SSSR count). The standard InChI is InChI=1S/C18H16O7.BrH/c1-22-10-6-12(19)11-8-13(20)18(25-14(11)7-10)9-4-15(23-2)17(21)16(5-9)24-3;/h4-8H,1-3H3,(H2-,19,20,21);1H. The van der Waals surface area contributed by atoms with E-state index in [2.05, 4.69) is 0 Å². The van der Waals surface area contributed by atoms with E-state index < -0.39 is 0 Å². The van der Waals surface area contributed by atoms with Crippen LogP contribution < -0.4 is 31.2 Å². The molecule has 0 saturated carbocycles. The van der Waals surface area contributed by atoms with E-state index in [1.807, 2.05) is 0 Å². The first kappa shape index (κ1) is 19.5. The molecule has 1 heterocycles. The van der Waals surface area contributed by atoms with Gasteiger partial charge in [-0.15, -0.1) is 0 Å². The van der Waals surface area contributed by atoms with E-state index in [9.17, 15) is 15.3 Å². The summed E-state index contributed by atoms with van der Waals surface area (Å²) in [5.74, 6) is 0.426. The number of phenols is 2. The number of benzene rings is 2. The molecule has 0 amide bonds. The maximum Gasteiger partial charge on any atom is 0.402 e. The average Bonchev–Trinajstić information content (AvgIpc) is 2.62. The quantitative estimate of drug-likeness (QED) is 0.525. The fourth-order valence-electron chi connectivity index (χ4n) is 2.53. The highest BCUT2D eigenvalue weighted by molar-refractivity contribution is 5.88. The molecule has 7 nitrogen and oxygen atoms in total. The number of methoxy groups -OCH3 is 3. The lowest BCUT2D eigenvalue weighted by Gasteiger charge is -2.09. The molecule has 0 saturated heterocycles. The summed E-state index contributed by atoms with van der Waals surface area (Å²) in [6.45, 7) is 0. The summed E-state index contributed by atoms with van der Waals surface area (Å²) in [4.78, 5) is 0. The van der Waals surface area contributed by atoms with Crippen LogP contribution in [-0.2, 0) is 0 Å². The van der Waals surface area contributed by atoms with E-state index in [1.54, 1.807) is 6.07 Å². The molecule has 0 spiro atoms. The van der Waals surface area contributed by atoms with Gasteiger partial charge in [0.15, 0.2) is 11.5 Å². The number of phenolic OH excluding ortho intramolecular Hbond substituents is 2. The highest BCUT2D eigenvalue weighted by Gasteiger charge is 2.26. The molecular formula is C18H17BrO7. The zero-order valence-electron chi connectivity index (χ0n) is 14.2. The lowest BCUT2D eigenvalue weighted by molar-refractivity contribution is -0.00000910. The number of rotatable bonds is 4. The molecule has 3 aromatic rings. The van der Waals surface area contributed by atoms with Crippen molar-refractivity contribution in [2.45, 2.75) is 0 Å². The van der Waals surface area contributed by atoms with Gasteiger partial charge in [-0.05, 0) is 0 Å². The third-order valence-corrected chi connectivity index (χ3v) is 3.80. The molecule has 0 unspecified atom stereocenters. The van der Waals surface area contributed by atoms with E-state index in [-0.39, 0.29) is 51.5 Å². The van der Waals surface area contributed by atoms with E-state index >= 15 is 0 Å². The normalized spacial score (nSPS) is 10.3. The van der Waals surface area contributed by atoms with Gasteiger partial charge in [-0.1, -0.05) is 0 Å². The van der Waals surface area contributed by atoms with Crippen LogP contribution in [0.15, 0.2) is 34.7 Å². The van der Waals surface area contributed by atoms with Crippen LogP contribution in [0.2, 0.25) is 0 Å². The van der Waals surface area contributed by atoms with Crippen LogP contribution in [0.25, 0.3) is 22.3 Å². The van der Waals surface area contributed by atoms with Crippen LogP contribution in [0.1, 0.15) is 0 Å². The van der Waals surface area contributed by atoms with Crippen LogP contribution in [0.3, 0.4) is 0 Å². The van der Waals surface area contributed by atoms with Crippen molar-refractivity contribution in [3.8, 4) is 45.8 Å². The molecule has 1 aromatic heterocycles. The van der Waals surface area contributed by atoms with E-state index in [0.717, 1.165) is 0 Å². The highest BCUT2D eigenvalue weighted by Crippen LogP contribution is 2.44. The van der Waals surface area contributed by atoms with Crippen LogP contribution >= 0.6 is 0 Å². The summed E-state index contributed by atoms with van der Waals surface area (Å²) in [6, 6.07) is 7.40. The van der Waals surface area contributed by atoms with E-state index in [0.29, 0.717) is 22.3 Å². The molecule has 2 aromatic carbocycles. The number of halogens is 1. The van der Waals surface area contributed by atoms with Crippen molar-refractivity contribution in [3.05, 3.63) is 30.3 Å². The molecule has 0 aliphatic rings. The van der Waals surface area contributed by atoms with Gasteiger partial charge in [0.2, 0.25) is 11.5 Å². The SMILES string of the molecule is COc1cc(O)c2cc(O)c(-c3cc(OC)c(O)c(OC)c3)[o+]c2c1.[Br-]. The molecule has 0 aliphatic carbocycles. The number of fused-ring (bicyclic) bond motifs is 1. The lowest BCUT2D eigenvalue weighted by atomic mass is 10.1. The van der Waals surface area contributed by atoms with Crippen molar-refractivity contribution in [1.82, 2.24) is 0 Å². The summed E-state index contributed by atoms with van der Waals surface area (Å²) < 4.78 is 21.1. The average molecular weight is 425 g/mol. The van der Waals surface area contributed by atoms with Crippen molar-refractivity contribution < 1.29 is 50.9 Å². The Morgan fingerprint density at radius 3 is 1.92 bits per heavy atom. The summed E-state index contributed by atoms with van der Waals surface area (Å²) in [7, 11) is 4.27. The molecule has 0 bridgehead atoms. The van der Waals surface area contributed by atoms with Gasteiger partial charge in [0.05, 0.1) is 33.0 Å². The van der Waals surface area contributed by atoms with Gasteiger partial charge in [0.25, 0.3) is 0 Å². The summed E-state index contributed by atoms with van der Waals surface area (Å²) in [6.07, 6.45) is 0. The minimum atomic E-state index is -0.192. The second-order valence-corrected chi connectivity index (χ2v) is 5.25. The predicted octanol–water partition coefficient (Wildman–Crippen LogP) is 0.528. The van der Waals surface area contributed by atoms with Crippen molar-refractivity contribution in [2.75, 3.05) is 21.3 Å². The van der Waals surface area contributed by atoms with Crippen LogP contribution in [0.5, 0.6) is 34.5 Å². The maximum absolute atomic E-state index is 10.3. The van der Waals surface area contributed by atoms with Crippen molar-refractivity contribution in [1.29, 1.82) is 0 Å². The third-order valence-electron chi connectivity index (χ3n) is 3.80.